The summed E-state index contributed by atoms with van der Waals surface area (Å²) in [6.07, 6.45) is 7.22. The normalized spacial score (nSPS) is 22.7. The lowest BCUT2D eigenvalue weighted by Crippen LogP contribution is -2.51. The molecule has 0 saturated heterocycles. The predicted molar refractivity (Wildman–Crippen MR) is 136 cm³/mol. The standard InChI is InChI=1S/C27H23ClN6O2/c28-20-14-30-26-24(32-20)19(13-29-26)25-31-18(11-6-15-4-2-1-3-5-15)12-21(34-25)33-23-17-9-7-16(8-10-17)22(23)27(35)36/h1-5,12-14,16-17,22-23H,7-10H2,(H,29,30)(H,35,36)(H,31,33,34). The molecule has 180 valence electrons. The third kappa shape index (κ3) is 4.27. The molecule has 8 nitrogen and oxygen atoms in total. The molecule has 0 spiro atoms. The summed E-state index contributed by atoms with van der Waals surface area (Å²) < 4.78 is 0. The summed E-state index contributed by atoms with van der Waals surface area (Å²) in [5.41, 5.74) is 3.16. The molecular formula is C27H23ClN6O2. The Bertz CT molecular complexity index is 1500. The minimum Gasteiger partial charge on any atom is -0.481 e. The highest BCUT2D eigenvalue weighted by molar-refractivity contribution is 6.29. The highest BCUT2D eigenvalue weighted by Crippen LogP contribution is 2.46. The molecule has 3 heterocycles. The number of rotatable bonds is 4. The molecule has 3 fully saturated rings. The van der Waals surface area contributed by atoms with Crippen LogP contribution >= 0.6 is 11.6 Å². The lowest BCUT2D eigenvalue weighted by molar-refractivity contribution is -0.148. The van der Waals surface area contributed by atoms with E-state index < -0.39 is 11.9 Å². The fraction of sp³-hybridized carbons (Fsp3) is 0.296. The first kappa shape index (κ1) is 22.5. The van der Waals surface area contributed by atoms with Crippen molar-refractivity contribution in [1.29, 1.82) is 0 Å². The van der Waals surface area contributed by atoms with Crippen molar-refractivity contribution in [1.82, 2.24) is 24.9 Å². The Hall–Kier alpha value is -3.96. The zero-order valence-corrected chi connectivity index (χ0v) is 20.0. The Balaban J connectivity index is 1.43. The Morgan fingerprint density at radius 3 is 2.61 bits per heavy atom. The molecular weight excluding hydrogens is 476 g/mol. The van der Waals surface area contributed by atoms with E-state index in [-0.39, 0.29) is 17.1 Å². The van der Waals surface area contributed by atoms with Crippen molar-refractivity contribution in [3.63, 3.8) is 0 Å². The zero-order valence-electron chi connectivity index (χ0n) is 19.3. The average molecular weight is 499 g/mol. The summed E-state index contributed by atoms with van der Waals surface area (Å²) in [7, 11) is 0. The fourth-order valence-electron chi connectivity index (χ4n) is 5.59. The average Bonchev–Trinajstić information content (AvgIpc) is 3.31. The highest BCUT2D eigenvalue weighted by Gasteiger charge is 2.47. The first-order valence-corrected chi connectivity index (χ1v) is 12.4. The number of H-pyrrole nitrogens is 1. The smallest absolute Gasteiger partial charge is 0.308 e. The van der Waals surface area contributed by atoms with E-state index in [4.69, 9.17) is 21.6 Å². The molecule has 3 aromatic heterocycles. The van der Waals surface area contributed by atoms with Crippen LogP contribution in [-0.4, -0.2) is 42.0 Å². The van der Waals surface area contributed by atoms with Gasteiger partial charge in [0.25, 0.3) is 0 Å². The predicted octanol–water partition coefficient (Wildman–Crippen LogP) is 4.77. The molecule has 7 rings (SSSR count). The van der Waals surface area contributed by atoms with Crippen molar-refractivity contribution in [2.75, 3.05) is 5.32 Å². The molecule has 0 radical (unpaired) electrons. The molecule has 3 saturated carbocycles. The van der Waals surface area contributed by atoms with E-state index in [9.17, 15) is 9.90 Å². The largest absolute Gasteiger partial charge is 0.481 e. The third-order valence-electron chi connectivity index (χ3n) is 7.25. The van der Waals surface area contributed by atoms with Crippen LogP contribution in [0, 0.1) is 29.6 Å². The Labute approximate surface area is 212 Å². The van der Waals surface area contributed by atoms with Gasteiger partial charge in [-0.1, -0.05) is 35.7 Å². The van der Waals surface area contributed by atoms with Gasteiger partial charge < -0.3 is 15.4 Å². The number of nitrogens with zero attached hydrogens (tertiary/aromatic N) is 4. The number of anilines is 1. The minimum absolute atomic E-state index is 0.190. The fourth-order valence-corrected chi connectivity index (χ4v) is 5.72. The molecule has 4 aromatic rings. The molecule has 3 aliphatic carbocycles. The van der Waals surface area contributed by atoms with E-state index >= 15 is 0 Å². The van der Waals surface area contributed by atoms with Gasteiger partial charge in [0.05, 0.1) is 17.7 Å². The van der Waals surface area contributed by atoms with Crippen LogP contribution in [0.2, 0.25) is 5.15 Å². The van der Waals surface area contributed by atoms with Gasteiger partial charge in [0.15, 0.2) is 11.5 Å². The van der Waals surface area contributed by atoms with Crippen molar-refractivity contribution in [2.24, 2.45) is 17.8 Å². The van der Waals surface area contributed by atoms with E-state index in [0.717, 1.165) is 31.2 Å². The van der Waals surface area contributed by atoms with E-state index in [1.165, 1.54) is 6.20 Å². The van der Waals surface area contributed by atoms with Gasteiger partial charge in [0.2, 0.25) is 0 Å². The van der Waals surface area contributed by atoms with Crippen LogP contribution in [-0.2, 0) is 4.79 Å². The summed E-state index contributed by atoms with van der Waals surface area (Å²) >= 11 is 6.11. The monoisotopic (exact) mass is 498 g/mol. The second kappa shape index (κ2) is 9.25. The number of aromatic nitrogens is 5. The molecule has 2 bridgehead atoms. The lowest BCUT2D eigenvalue weighted by atomic mass is 9.61. The summed E-state index contributed by atoms with van der Waals surface area (Å²) in [6.45, 7) is 0. The maximum atomic E-state index is 12.2. The number of nitrogens with one attached hydrogen (secondary N) is 2. The Morgan fingerprint density at radius 2 is 1.83 bits per heavy atom. The van der Waals surface area contributed by atoms with Crippen LogP contribution in [0.5, 0.6) is 0 Å². The maximum Gasteiger partial charge on any atom is 0.308 e. The highest BCUT2D eigenvalue weighted by atomic mass is 35.5. The number of carboxylic acids is 1. The second-order valence-electron chi connectivity index (χ2n) is 9.38. The summed E-state index contributed by atoms with van der Waals surface area (Å²) in [5.74, 6) is 6.54. The van der Waals surface area contributed by atoms with E-state index in [1.54, 1.807) is 12.3 Å². The summed E-state index contributed by atoms with van der Waals surface area (Å²) in [4.78, 5) is 33.4. The summed E-state index contributed by atoms with van der Waals surface area (Å²) in [6, 6.07) is 11.3. The molecule has 2 unspecified atom stereocenters. The van der Waals surface area contributed by atoms with Gasteiger partial charge in [0, 0.05) is 23.9 Å². The van der Waals surface area contributed by atoms with E-state index in [2.05, 4.69) is 32.1 Å². The van der Waals surface area contributed by atoms with Crippen LogP contribution in [0.1, 0.15) is 36.9 Å². The number of benzene rings is 1. The number of carboxylic acid groups (broad SMARTS) is 1. The van der Waals surface area contributed by atoms with Crippen molar-refractivity contribution in [3.05, 3.63) is 65.2 Å². The third-order valence-corrected chi connectivity index (χ3v) is 7.43. The molecule has 0 aliphatic heterocycles. The molecule has 9 heteroatoms. The number of halogens is 1. The molecule has 36 heavy (non-hydrogen) atoms. The first-order chi connectivity index (χ1) is 17.5. The van der Waals surface area contributed by atoms with Crippen molar-refractivity contribution in [3.8, 4) is 23.2 Å². The van der Waals surface area contributed by atoms with Crippen molar-refractivity contribution >= 4 is 34.6 Å². The molecule has 1 aromatic carbocycles. The molecule has 3 N–H and O–H groups in total. The van der Waals surface area contributed by atoms with Gasteiger partial charge in [-0.3, -0.25) is 4.79 Å². The Kier molecular flexibility index (Phi) is 5.78. The minimum atomic E-state index is -0.748. The van der Waals surface area contributed by atoms with Crippen LogP contribution in [0.25, 0.3) is 22.6 Å². The number of fused-ring (bicyclic) bond motifs is 4. The zero-order chi connectivity index (χ0) is 24.6. The maximum absolute atomic E-state index is 12.2. The molecule has 3 aliphatic rings. The SMILES string of the molecule is O=C(O)C1C2CCC(CC2)C1Nc1cc(C#Cc2ccccc2)nc(-c2c[nH]c3ncc(Cl)nc23)n1. The number of hydrogen-bond acceptors (Lipinski definition) is 6. The molecule has 2 atom stereocenters. The van der Waals surface area contributed by atoms with Crippen molar-refractivity contribution < 1.29 is 9.90 Å². The van der Waals surface area contributed by atoms with Crippen molar-refractivity contribution in [2.45, 2.75) is 31.7 Å². The molecule has 0 amide bonds. The van der Waals surface area contributed by atoms with Crippen LogP contribution < -0.4 is 5.32 Å². The van der Waals surface area contributed by atoms with Crippen LogP contribution in [0.15, 0.2) is 48.8 Å². The van der Waals surface area contributed by atoms with Gasteiger partial charge >= 0.3 is 5.97 Å². The van der Waals surface area contributed by atoms with Gasteiger partial charge in [-0.2, -0.15) is 0 Å². The first-order valence-electron chi connectivity index (χ1n) is 12.0. The van der Waals surface area contributed by atoms with Gasteiger partial charge in [-0.25, -0.2) is 19.9 Å². The van der Waals surface area contributed by atoms with E-state index in [1.807, 2.05) is 30.3 Å². The topological polar surface area (TPSA) is 117 Å². The second-order valence-corrected chi connectivity index (χ2v) is 9.77. The number of aromatic amines is 1. The van der Waals surface area contributed by atoms with Gasteiger partial charge in [-0.05, 0) is 55.6 Å². The number of hydrogen-bond donors (Lipinski definition) is 3. The number of aliphatic carboxylic acids is 1. The Morgan fingerprint density at radius 1 is 1.06 bits per heavy atom. The van der Waals surface area contributed by atoms with Gasteiger partial charge in [-0.15, -0.1) is 0 Å². The van der Waals surface area contributed by atoms with Crippen LogP contribution in [0.4, 0.5) is 5.82 Å². The quantitative estimate of drug-likeness (QED) is 0.347. The van der Waals surface area contributed by atoms with Gasteiger partial charge in [0.1, 0.15) is 22.2 Å². The number of carbonyl (C=O) groups is 1. The summed E-state index contributed by atoms with van der Waals surface area (Å²) in [5, 5.41) is 13.7. The van der Waals surface area contributed by atoms with Crippen LogP contribution in [0.3, 0.4) is 0 Å². The lowest BCUT2D eigenvalue weighted by Gasteiger charge is -2.47. The van der Waals surface area contributed by atoms with E-state index in [0.29, 0.717) is 40.0 Å².